The molecular formula is C11H8BrF6NO3. The Morgan fingerprint density at radius 3 is 2.27 bits per heavy atom. The smallest absolute Gasteiger partial charge is 0.469 e. The molecule has 0 aliphatic heterocycles. The van der Waals surface area contributed by atoms with Crippen LogP contribution in [0.2, 0.25) is 0 Å². The predicted octanol–water partition coefficient (Wildman–Crippen LogP) is 3.61. The fourth-order valence-corrected chi connectivity index (χ4v) is 1.78. The van der Waals surface area contributed by atoms with Gasteiger partial charge in [0.2, 0.25) is 0 Å². The van der Waals surface area contributed by atoms with Gasteiger partial charge in [0.1, 0.15) is 0 Å². The molecule has 0 saturated heterocycles. The highest BCUT2D eigenvalue weighted by atomic mass is 79.9. The molecule has 0 amide bonds. The lowest BCUT2D eigenvalue weighted by Crippen LogP contribution is -2.23. The van der Waals surface area contributed by atoms with E-state index in [1.807, 2.05) is 0 Å². The van der Waals surface area contributed by atoms with Gasteiger partial charge in [0, 0.05) is 10.9 Å². The molecule has 0 radical (unpaired) electrons. The average molecular weight is 396 g/mol. The maximum Gasteiger partial charge on any atom is 0.573 e. The molecule has 124 valence electrons. The summed E-state index contributed by atoms with van der Waals surface area (Å²) in [5.74, 6) is -2.58. The Balaban J connectivity index is 3.52. The number of nitrogens with zero attached hydrogens (tertiary/aromatic N) is 1. The first-order valence-electron chi connectivity index (χ1n) is 5.46. The molecular weight excluding hydrogens is 388 g/mol. The quantitative estimate of drug-likeness (QED) is 0.444. The van der Waals surface area contributed by atoms with Gasteiger partial charge in [-0.1, -0.05) is 15.9 Å². The maximum absolute atomic E-state index is 12.9. The number of hydrogen-bond donors (Lipinski definition) is 0. The second kappa shape index (κ2) is 6.71. The van der Waals surface area contributed by atoms with E-state index in [0.717, 1.165) is 13.2 Å². The normalized spacial score (nSPS) is 12.2. The Hall–Kier alpha value is -1.52. The van der Waals surface area contributed by atoms with Crippen LogP contribution in [0.25, 0.3) is 0 Å². The second-order valence-corrected chi connectivity index (χ2v) is 4.44. The molecule has 11 heteroatoms. The number of aromatic nitrogens is 1. The van der Waals surface area contributed by atoms with E-state index in [-0.39, 0.29) is 11.0 Å². The average Bonchev–Trinajstić information content (AvgIpc) is 2.37. The second-order valence-electron chi connectivity index (χ2n) is 3.88. The molecule has 0 aliphatic carbocycles. The molecule has 0 bridgehead atoms. The summed E-state index contributed by atoms with van der Waals surface area (Å²) in [6.45, 7) is 0. The van der Waals surface area contributed by atoms with Crippen molar-refractivity contribution in [3.8, 4) is 5.75 Å². The van der Waals surface area contributed by atoms with E-state index in [0.29, 0.717) is 0 Å². The molecule has 0 unspecified atom stereocenters. The van der Waals surface area contributed by atoms with E-state index in [9.17, 15) is 31.1 Å². The topological polar surface area (TPSA) is 48.4 Å². The standard InChI is InChI=1S/C11H8BrF6NO3/c1-21-7(20)3-5-2-6(4-12)19-9(10(13,14)15)8(5)22-11(16,17)18/h2H,3-4H2,1H3. The maximum atomic E-state index is 12.9. The lowest BCUT2D eigenvalue weighted by molar-refractivity contribution is -0.276. The Labute approximate surface area is 128 Å². The van der Waals surface area contributed by atoms with E-state index in [1.165, 1.54) is 0 Å². The largest absolute Gasteiger partial charge is 0.573 e. The van der Waals surface area contributed by atoms with Crippen molar-refractivity contribution >= 4 is 21.9 Å². The van der Waals surface area contributed by atoms with Crippen molar-refractivity contribution in [2.45, 2.75) is 24.3 Å². The summed E-state index contributed by atoms with van der Waals surface area (Å²) in [6, 6.07) is 0.905. The molecule has 0 spiro atoms. The van der Waals surface area contributed by atoms with Crippen molar-refractivity contribution in [1.29, 1.82) is 0 Å². The van der Waals surface area contributed by atoms with Gasteiger partial charge >= 0.3 is 18.5 Å². The predicted molar refractivity (Wildman–Crippen MR) is 64.3 cm³/mol. The monoisotopic (exact) mass is 395 g/mol. The third-order valence-electron chi connectivity index (χ3n) is 2.29. The van der Waals surface area contributed by atoms with Gasteiger partial charge in [0.15, 0.2) is 11.4 Å². The number of esters is 1. The molecule has 0 fully saturated rings. The molecule has 0 aromatic carbocycles. The molecule has 4 nitrogen and oxygen atoms in total. The molecule has 0 aliphatic rings. The van der Waals surface area contributed by atoms with Crippen LogP contribution >= 0.6 is 15.9 Å². The van der Waals surface area contributed by atoms with Gasteiger partial charge in [-0.25, -0.2) is 4.98 Å². The van der Waals surface area contributed by atoms with Crippen molar-refractivity contribution in [3.63, 3.8) is 0 Å². The summed E-state index contributed by atoms with van der Waals surface area (Å²) in [7, 11) is 0.948. The molecule has 0 atom stereocenters. The Morgan fingerprint density at radius 2 is 1.86 bits per heavy atom. The molecule has 1 aromatic rings. The highest BCUT2D eigenvalue weighted by Crippen LogP contribution is 2.40. The lowest BCUT2D eigenvalue weighted by atomic mass is 10.1. The number of rotatable bonds is 4. The van der Waals surface area contributed by atoms with Crippen LogP contribution in [0.1, 0.15) is 17.0 Å². The number of pyridine rings is 1. The Bertz CT molecular complexity index is 558. The van der Waals surface area contributed by atoms with E-state index < -0.39 is 41.9 Å². The van der Waals surface area contributed by atoms with Crippen LogP contribution in [0.15, 0.2) is 6.07 Å². The minimum Gasteiger partial charge on any atom is -0.469 e. The van der Waals surface area contributed by atoms with Gasteiger partial charge in [-0.2, -0.15) is 13.2 Å². The zero-order valence-corrected chi connectivity index (χ0v) is 12.4. The fourth-order valence-electron chi connectivity index (χ4n) is 1.49. The summed E-state index contributed by atoms with van der Waals surface area (Å²) in [5.41, 5.74) is -2.69. The first-order valence-corrected chi connectivity index (χ1v) is 6.58. The summed E-state index contributed by atoms with van der Waals surface area (Å²) in [4.78, 5) is 14.3. The van der Waals surface area contributed by atoms with E-state index in [2.05, 4.69) is 30.4 Å². The van der Waals surface area contributed by atoms with Gasteiger partial charge in [-0.15, -0.1) is 13.2 Å². The van der Waals surface area contributed by atoms with E-state index in [4.69, 9.17) is 0 Å². The fraction of sp³-hybridized carbons (Fsp3) is 0.455. The van der Waals surface area contributed by atoms with E-state index in [1.54, 1.807) is 0 Å². The minimum absolute atomic E-state index is 0.156. The third-order valence-corrected chi connectivity index (χ3v) is 2.86. The molecule has 1 rings (SSSR count). The zero-order valence-electron chi connectivity index (χ0n) is 10.8. The van der Waals surface area contributed by atoms with Crippen LogP contribution in [-0.4, -0.2) is 24.4 Å². The number of ether oxygens (including phenoxy) is 2. The summed E-state index contributed by atoms with van der Waals surface area (Å²) in [5, 5.41) is -0.156. The number of halogens is 7. The van der Waals surface area contributed by atoms with Crippen molar-refractivity contribution in [1.82, 2.24) is 4.98 Å². The van der Waals surface area contributed by atoms with Crippen LogP contribution < -0.4 is 4.74 Å². The van der Waals surface area contributed by atoms with Gasteiger partial charge in [0.25, 0.3) is 0 Å². The lowest BCUT2D eigenvalue weighted by Gasteiger charge is -2.18. The van der Waals surface area contributed by atoms with Gasteiger partial charge in [0.05, 0.1) is 19.2 Å². The van der Waals surface area contributed by atoms with Crippen molar-refractivity contribution in [2.75, 3.05) is 7.11 Å². The molecule has 0 N–H and O–H groups in total. The van der Waals surface area contributed by atoms with Crippen LogP contribution in [-0.2, 0) is 27.5 Å². The summed E-state index contributed by atoms with van der Waals surface area (Å²) in [6.07, 6.45) is -11.4. The number of carbonyl (C=O) groups excluding carboxylic acids is 1. The molecule has 1 aromatic heterocycles. The first kappa shape index (κ1) is 18.5. The van der Waals surface area contributed by atoms with Crippen LogP contribution in [0.3, 0.4) is 0 Å². The van der Waals surface area contributed by atoms with Crippen molar-refractivity contribution in [3.05, 3.63) is 23.0 Å². The number of methoxy groups -OCH3 is 1. The summed E-state index contributed by atoms with van der Waals surface area (Å²) >= 11 is 2.85. The van der Waals surface area contributed by atoms with Crippen molar-refractivity contribution < 1.29 is 40.6 Å². The van der Waals surface area contributed by atoms with Gasteiger partial charge in [-0.05, 0) is 6.07 Å². The highest BCUT2D eigenvalue weighted by molar-refractivity contribution is 9.08. The van der Waals surface area contributed by atoms with Gasteiger partial charge in [-0.3, -0.25) is 4.79 Å². The van der Waals surface area contributed by atoms with Gasteiger partial charge < -0.3 is 9.47 Å². The first-order chi connectivity index (χ1) is 9.97. The van der Waals surface area contributed by atoms with Crippen LogP contribution in [0.5, 0.6) is 5.75 Å². The SMILES string of the molecule is COC(=O)Cc1cc(CBr)nc(C(F)(F)F)c1OC(F)(F)F. The minimum atomic E-state index is -5.37. The zero-order chi connectivity index (χ0) is 17.1. The molecule has 0 saturated carbocycles. The highest BCUT2D eigenvalue weighted by Gasteiger charge is 2.42. The number of carbonyl (C=O) groups is 1. The number of hydrogen-bond acceptors (Lipinski definition) is 4. The molecule has 1 heterocycles. The van der Waals surface area contributed by atoms with Crippen molar-refractivity contribution in [2.24, 2.45) is 0 Å². The summed E-state index contributed by atoms with van der Waals surface area (Å²) < 4.78 is 83.4. The third kappa shape index (κ3) is 5.04. The van der Waals surface area contributed by atoms with Crippen LogP contribution in [0, 0.1) is 0 Å². The number of alkyl halides is 7. The van der Waals surface area contributed by atoms with Crippen LogP contribution in [0.4, 0.5) is 26.3 Å². The molecule has 22 heavy (non-hydrogen) atoms. The van der Waals surface area contributed by atoms with E-state index >= 15 is 0 Å². The Morgan fingerprint density at radius 1 is 1.27 bits per heavy atom. The Kier molecular flexibility index (Phi) is 5.65.